The lowest BCUT2D eigenvalue weighted by atomic mass is 10.3. The summed E-state index contributed by atoms with van der Waals surface area (Å²) in [5.74, 6) is 0. The Balaban J connectivity index is 1.76. The number of aryl methyl sites for hydroxylation is 1. The van der Waals surface area contributed by atoms with Crippen molar-refractivity contribution in [1.29, 1.82) is 0 Å². The molecule has 2 rings (SSSR count). The molecule has 16 heavy (non-hydrogen) atoms. The lowest BCUT2D eigenvalue weighted by Gasteiger charge is -2.00. The van der Waals surface area contributed by atoms with Crippen LogP contribution in [0.3, 0.4) is 0 Å². The fraction of sp³-hybridized carbons (Fsp3) is 0.417. The molecule has 0 spiro atoms. The van der Waals surface area contributed by atoms with Crippen LogP contribution in [-0.4, -0.2) is 9.55 Å². The molecule has 0 saturated heterocycles. The van der Waals surface area contributed by atoms with E-state index in [1.807, 2.05) is 11.7 Å². The van der Waals surface area contributed by atoms with E-state index in [1.54, 1.807) is 11.3 Å². The summed E-state index contributed by atoms with van der Waals surface area (Å²) in [5, 5.41) is 3.42. The van der Waals surface area contributed by atoms with Crippen LogP contribution in [0.2, 0.25) is 0 Å². The first kappa shape index (κ1) is 11.4. The number of thiazole rings is 1. The van der Waals surface area contributed by atoms with Crippen LogP contribution in [0.4, 0.5) is 0 Å². The van der Waals surface area contributed by atoms with E-state index in [0.717, 1.165) is 19.6 Å². The van der Waals surface area contributed by atoms with Gasteiger partial charge in [0.25, 0.3) is 0 Å². The number of hydrogen-bond donors (Lipinski definition) is 1. The van der Waals surface area contributed by atoms with Gasteiger partial charge >= 0.3 is 0 Å². The molecule has 2 heterocycles. The summed E-state index contributed by atoms with van der Waals surface area (Å²) in [7, 11) is 0. The molecule has 0 aliphatic carbocycles. The van der Waals surface area contributed by atoms with E-state index in [-0.39, 0.29) is 0 Å². The van der Waals surface area contributed by atoms with Crippen LogP contribution >= 0.6 is 11.3 Å². The largest absolute Gasteiger partial charge is 0.354 e. The van der Waals surface area contributed by atoms with Gasteiger partial charge in [0.15, 0.2) is 0 Å². The molecular formula is C12H17N3S. The van der Waals surface area contributed by atoms with E-state index < -0.39 is 0 Å². The van der Waals surface area contributed by atoms with Gasteiger partial charge in [-0.25, -0.2) is 0 Å². The van der Waals surface area contributed by atoms with E-state index >= 15 is 0 Å². The minimum atomic E-state index is 0.906. The van der Waals surface area contributed by atoms with Crippen LogP contribution in [0.1, 0.15) is 23.8 Å². The lowest BCUT2D eigenvalue weighted by Crippen LogP contribution is -2.11. The van der Waals surface area contributed by atoms with Crippen LogP contribution in [0.25, 0.3) is 0 Å². The van der Waals surface area contributed by atoms with E-state index in [4.69, 9.17) is 0 Å². The molecule has 0 bridgehead atoms. The number of nitrogens with one attached hydrogen (secondary N) is 1. The first-order valence-electron chi connectivity index (χ1n) is 5.61. The van der Waals surface area contributed by atoms with Crippen molar-refractivity contribution < 1.29 is 0 Å². The molecule has 0 radical (unpaired) electrons. The zero-order valence-corrected chi connectivity index (χ0v) is 10.3. The Bertz CT molecular complexity index is 406. The van der Waals surface area contributed by atoms with E-state index in [2.05, 4.69) is 40.3 Å². The third-order valence-corrected chi connectivity index (χ3v) is 3.18. The van der Waals surface area contributed by atoms with Gasteiger partial charge in [0.1, 0.15) is 0 Å². The van der Waals surface area contributed by atoms with Crippen molar-refractivity contribution in [2.45, 2.75) is 33.0 Å². The summed E-state index contributed by atoms with van der Waals surface area (Å²) in [4.78, 5) is 5.34. The Hall–Kier alpha value is -1.13. The summed E-state index contributed by atoms with van der Waals surface area (Å²) in [6.07, 6.45) is 7.46. The Kier molecular flexibility index (Phi) is 4.13. The summed E-state index contributed by atoms with van der Waals surface area (Å²) >= 11 is 1.69. The molecule has 0 amide bonds. The first-order valence-corrected chi connectivity index (χ1v) is 6.49. The monoisotopic (exact) mass is 235 g/mol. The van der Waals surface area contributed by atoms with Gasteiger partial charge in [0.2, 0.25) is 0 Å². The maximum atomic E-state index is 4.05. The zero-order valence-electron chi connectivity index (χ0n) is 9.52. The molecule has 0 aliphatic rings. The average molecular weight is 235 g/mol. The summed E-state index contributed by atoms with van der Waals surface area (Å²) in [6.45, 7) is 5.13. The van der Waals surface area contributed by atoms with E-state index in [9.17, 15) is 0 Å². The molecule has 0 aliphatic heterocycles. The van der Waals surface area contributed by atoms with E-state index in [0.29, 0.717) is 0 Å². The Morgan fingerprint density at radius 1 is 1.44 bits per heavy atom. The number of aromatic nitrogens is 2. The Morgan fingerprint density at radius 2 is 2.38 bits per heavy atom. The summed E-state index contributed by atoms with van der Waals surface area (Å²) in [6, 6.07) is 2.18. The van der Waals surface area contributed by atoms with Crippen molar-refractivity contribution in [2.75, 3.05) is 0 Å². The highest BCUT2D eigenvalue weighted by Crippen LogP contribution is 2.06. The van der Waals surface area contributed by atoms with Gasteiger partial charge in [-0.05, 0) is 18.1 Å². The lowest BCUT2D eigenvalue weighted by molar-refractivity contribution is 0.670. The first-order chi connectivity index (χ1) is 7.88. The molecule has 2 aromatic rings. The standard InChI is InChI=1S/C12H17N3S/c1-2-4-15-5-3-11(9-15)6-13-7-12-8-14-10-16-12/h3,5,8-10,13H,2,4,6-7H2,1H3. The van der Waals surface area contributed by atoms with Crippen LogP contribution < -0.4 is 5.32 Å². The van der Waals surface area contributed by atoms with Crippen molar-refractivity contribution in [3.8, 4) is 0 Å². The van der Waals surface area contributed by atoms with Gasteiger partial charge < -0.3 is 9.88 Å². The van der Waals surface area contributed by atoms with Gasteiger partial charge in [-0.1, -0.05) is 6.92 Å². The fourth-order valence-corrected chi connectivity index (χ4v) is 2.22. The van der Waals surface area contributed by atoms with Crippen molar-refractivity contribution in [2.24, 2.45) is 0 Å². The smallest absolute Gasteiger partial charge is 0.0794 e. The second-order valence-corrected chi connectivity index (χ2v) is 4.80. The maximum absolute atomic E-state index is 4.05. The maximum Gasteiger partial charge on any atom is 0.0794 e. The second kappa shape index (κ2) is 5.82. The van der Waals surface area contributed by atoms with Gasteiger partial charge in [-0.3, -0.25) is 4.98 Å². The molecular weight excluding hydrogens is 218 g/mol. The minimum Gasteiger partial charge on any atom is -0.354 e. The van der Waals surface area contributed by atoms with Crippen LogP contribution in [0.15, 0.2) is 30.2 Å². The van der Waals surface area contributed by atoms with Gasteiger partial charge in [0, 0.05) is 43.1 Å². The predicted octanol–water partition coefficient (Wildman–Crippen LogP) is 2.64. The molecule has 86 valence electrons. The topological polar surface area (TPSA) is 29.9 Å². The van der Waals surface area contributed by atoms with Crippen LogP contribution in [-0.2, 0) is 19.6 Å². The highest BCUT2D eigenvalue weighted by Gasteiger charge is 1.97. The van der Waals surface area contributed by atoms with Crippen LogP contribution in [0.5, 0.6) is 0 Å². The third-order valence-electron chi connectivity index (χ3n) is 2.41. The number of rotatable bonds is 6. The quantitative estimate of drug-likeness (QED) is 0.834. The van der Waals surface area contributed by atoms with Crippen molar-refractivity contribution in [1.82, 2.24) is 14.9 Å². The highest BCUT2D eigenvalue weighted by molar-refractivity contribution is 7.09. The molecule has 0 atom stereocenters. The molecule has 0 saturated carbocycles. The van der Waals surface area contributed by atoms with E-state index in [1.165, 1.54) is 16.9 Å². The molecule has 1 N–H and O–H groups in total. The van der Waals surface area contributed by atoms with Gasteiger partial charge in [0.05, 0.1) is 5.51 Å². The Labute approximate surface area is 100 Å². The zero-order chi connectivity index (χ0) is 11.2. The molecule has 3 nitrogen and oxygen atoms in total. The molecule has 0 aromatic carbocycles. The molecule has 0 unspecified atom stereocenters. The Morgan fingerprint density at radius 3 is 3.12 bits per heavy atom. The molecule has 0 fully saturated rings. The molecule has 2 aromatic heterocycles. The van der Waals surface area contributed by atoms with Crippen molar-refractivity contribution in [3.05, 3.63) is 40.6 Å². The highest BCUT2D eigenvalue weighted by atomic mass is 32.1. The fourth-order valence-electron chi connectivity index (χ4n) is 1.65. The van der Waals surface area contributed by atoms with Gasteiger partial charge in [-0.15, -0.1) is 11.3 Å². The third kappa shape index (κ3) is 3.18. The summed E-state index contributed by atoms with van der Waals surface area (Å²) < 4.78 is 2.24. The molecule has 4 heteroatoms. The predicted molar refractivity (Wildman–Crippen MR) is 67.4 cm³/mol. The average Bonchev–Trinajstić information content (AvgIpc) is 2.90. The minimum absolute atomic E-state index is 0.906. The number of nitrogens with zero attached hydrogens (tertiary/aromatic N) is 2. The number of hydrogen-bond acceptors (Lipinski definition) is 3. The SMILES string of the molecule is CCCn1ccc(CNCc2cncs2)c1. The van der Waals surface area contributed by atoms with Crippen LogP contribution in [0, 0.1) is 0 Å². The van der Waals surface area contributed by atoms with Gasteiger partial charge in [-0.2, -0.15) is 0 Å². The van der Waals surface area contributed by atoms with Crippen molar-refractivity contribution in [3.63, 3.8) is 0 Å². The van der Waals surface area contributed by atoms with Crippen molar-refractivity contribution >= 4 is 11.3 Å². The normalized spacial score (nSPS) is 10.8. The second-order valence-electron chi connectivity index (χ2n) is 3.83. The summed E-state index contributed by atoms with van der Waals surface area (Å²) in [5.41, 5.74) is 3.22.